The molecule has 2 aromatic rings. The third-order valence-electron chi connectivity index (χ3n) is 2.73. The van der Waals surface area contributed by atoms with Crippen LogP contribution in [0.25, 0.3) is 0 Å². The van der Waals surface area contributed by atoms with Gasteiger partial charge < -0.3 is 10.4 Å². The monoisotopic (exact) mass is 288 g/mol. The van der Waals surface area contributed by atoms with Gasteiger partial charge in [0.05, 0.1) is 29.1 Å². The van der Waals surface area contributed by atoms with Gasteiger partial charge in [-0.15, -0.1) is 0 Å². The predicted octanol–water partition coefficient (Wildman–Crippen LogP) is 2.00. The van der Waals surface area contributed by atoms with E-state index in [1.807, 2.05) is 6.92 Å². The minimum Gasteiger partial charge on any atom is -0.477 e. The fourth-order valence-corrected chi connectivity index (χ4v) is 1.68. The first-order valence-corrected chi connectivity index (χ1v) is 6.00. The number of carboxylic acids is 1. The lowest BCUT2D eigenvalue weighted by atomic mass is 10.1. The number of aromatic nitrogens is 2. The zero-order valence-electron chi connectivity index (χ0n) is 11.1. The number of nitro groups is 1. The zero-order valence-corrected chi connectivity index (χ0v) is 11.1. The van der Waals surface area contributed by atoms with Crippen molar-refractivity contribution in [3.05, 3.63) is 57.7 Å². The number of hydrogen-bond donors (Lipinski definition) is 2. The smallest absolute Gasteiger partial charge is 0.342 e. The van der Waals surface area contributed by atoms with Gasteiger partial charge in [0, 0.05) is 18.0 Å². The van der Waals surface area contributed by atoms with Crippen LogP contribution in [0.1, 0.15) is 21.7 Å². The van der Waals surface area contributed by atoms with Crippen molar-refractivity contribution >= 4 is 17.3 Å². The van der Waals surface area contributed by atoms with Gasteiger partial charge in [-0.25, -0.2) is 4.79 Å². The number of hydrogen-bond acceptors (Lipinski definition) is 6. The Bertz CT molecular complexity index is 685. The Morgan fingerprint density at radius 3 is 2.71 bits per heavy atom. The second-order valence-electron chi connectivity index (χ2n) is 4.30. The van der Waals surface area contributed by atoms with Gasteiger partial charge in [0.25, 0.3) is 5.69 Å². The molecule has 0 aliphatic heterocycles. The molecule has 21 heavy (non-hydrogen) atoms. The maximum atomic E-state index is 11.0. The van der Waals surface area contributed by atoms with E-state index >= 15 is 0 Å². The van der Waals surface area contributed by atoms with Gasteiger partial charge in [0.15, 0.2) is 0 Å². The highest BCUT2D eigenvalue weighted by molar-refractivity contribution is 5.93. The van der Waals surface area contributed by atoms with E-state index in [9.17, 15) is 14.9 Å². The molecule has 0 saturated heterocycles. The van der Waals surface area contributed by atoms with Crippen LogP contribution in [0.2, 0.25) is 0 Å². The number of rotatable bonds is 5. The number of nitrogens with zero attached hydrogens (tertiary/aromatic N) is 3. The molecule has 0 spiro atoms. The van der Waals surface area contributed by atoms with E-state index in [0.717, 1.165) is 11.8 Å². The van der Waals surface area contributed by atoms with Crippen molar-refractivity contribution in [3.8, 4) is 0 Å². The van der Waals surface area contributed by atoms with E-state index in [1.54, 1.807) is 12.4 Å². The summed E-state index contributed by atoms with van der Waals surface area (Å²) in [5, 5.41) is 22.7. The van der Waals surface area contributed by atoms with Crippen LogP contribution in [-0.4, -0.2) is 26.0 Å². The summed E-state index contributed by atoms with van der Waals surface area (Å²) >= 11 is 0. The van der Waals surface area contributed by atoms with Crippen LogP contribution < -0.4 is 5.32 Å². The lowest BCUT2D eigenvalue weighted by molar-refractivity contribution is -0.385. The average Bonchev–Trinajstić information content (AvgIpc) is 2.46. The summed E-state index contributed by atoms with van der Waals surface area (Å²) in [6.07, 6.45) is 3.22. The van der Waals surface area contributed by atoms with E-state index < -0.39 is 16.6 Å². The molecule has 0 unspecified atom stereocenters. The van der Waals surface area contributed by atoms with Crippen molar-refractivity contribution in [1.29, 1.82) is 0 Å². The lowest BCUT2D eigenvalue weighted by Crippen LogP contribution is -2.06. The Balaban J connectivity index is 2.17. The highest BCUT2D eigenvalue weighted by Gasteiger charge is 2.19. The molecule has 0 atom stereocenters. The number of aryl methyl sites for hydroxylation is 1. The predicted molar refractivity (Wildman–Crippen MR) is 74.2 cm³/mol. The third-order valence-corrected chi connectivity index (χ3v) is 2.73. The number of nitro benzene ring substituents is 1. The Kier molecular flexibility index (Phi) is 4.07. The van der Waals surface area contributed by atoms with Crippen LogP contribution in [0.15, 0.2) is 30.6 Å². The van der Waals surface area contributed by atoms with E-state index in [2.05, 4.69) is 15.3 Å². The highest BCUT2D eigenvalue weighted by atomic mass is 16.6. The van der Waals surface area contributed by atoms with Crippen LogP contribution in [0.5, 0.6) is 0 Å². The molecule has 2 rings (SSSR count). The van der Waals surface area contributed by atoms with Gasteiger partial charge in [-0.05, 0) is 19.1 Å². The van der Waals surface area contributed by atoms with Crippen LogP contribution >= 0.6 is 0 Å². The van der Waals surface area contributed by atoms with Crippen molar-refractivity contribution in [2.24, 2.45) is 0 Å². The quantitative estimate of drug-likeness (QED) is 0.638. The molecule has 108 valence electrons. The minimum absolute atomic E-state index is 0.337. The first-order chi connectivity index (χ1) is 9.97. The lowest BCUT2D eigenvalue weighted by Gasteiger charge is -2.07. The van der Waals surface area contributed by atoms with Gasteiger partial charge in [-0.3, -0.25) is 20.1 Å². The molecule has 0 amide bonds. The number of nitrogens with one attached hydrogen (secondary N) is 1. The molecule has 1 aromatic heterocycles. The van der Waals surface area contributed by atoms with E-state index in [-0.39, 0.29) is 5.56 Å². The van der Waals surface area contributed by atoms with Gasteiger partial charge >= 0.3 is 5.97 Å². The van der Waals surface area contributed by atoms with Gasteiger partial charge in [-0.1, -0.05) is 0 Å². The maximum absolute atomic E-state index is 11.0. The molecule has 1 aromatic carbocycles. The molecule has 1 heterocycles. The largest absolute Gasteiger partial charge is 0.477 e. The molecule has 0 aliphatic carbocycles. The summed E-state index contributed by atoms with van der Waals surface area (Å²) in [5.74, 6) is -1.35. The molecule has 8 heteroatoms. The van der Waals surface area contributed by atoms with Crippen molar-refractivity contribution in [2.45, 2.75) is 13.5 Å². The molecule has 0 bridgehead atoms. The summed E-state index contributed by atoms with van der Waals surface area (Å²) in [6.45, 7) is 2.16. The van der Waals surface area contributed by atoms with Crippen LogP contribution in [0.4, 0.5) is 11.4 Å². The highest BCUT2D eigenvalue weighted by Crippen LogP contribution is 2.22. The number of anilines is 1. The van der Waals surface area contributed by atoms with Crippen LogP contribution in [0, 0.1) is 17.0 Å². The van der Waals surface area contributed by atoms with Crippen molar-refractivity contribution < 1.29 is 14.8 Å². The topological polar surface area (TPSA) is 118 Å². The molecule has 0 fully saturated rings. The standard InChI is InChI=1S/C13H12N4O4/c1-8-5-15-10(6-14-8)7-16-9-2-3-12(17(20)21)11(4-9)13(18)19/h2-6,16H,7H2,1H3,(H,18,19). The third kappa shape index (κ3) is 3.50. The minimum atomic E-state index is -1.35. The Hall–Kier alpha value is -3.03. The summed E-state index contributed by atoms with van der Waals surface area (Å²) in [4.78, 5) is 29.3. The first-order valence-electron chi connectivity index (χ1n) is 6.00. The second kappa shape index (κ2) is 5.95. The number of benzene rings is 1. The Morgan fingerprint density at radius 1 is 1.38 bits per heavy atom. The molecule has 0 saturated carbocycles. The first kappa shape index (κ1) is 14.4. The average molecular weight is 288 g/mol. The van der Waals surface area contributed by atoms with Gasteiger partial charge in [0.2, 0.25) is 0 Å². The molecule has 0 aliphatic rings. The second-order valence-corrected chi connectivity index (χ2v) is 4.30. The normalized spacial score (nSPS) is 10.1. The zero-order chi connectivity index (χ0) is 15.4. The van der Waals surface area contributed by atoms with Gasteiger partial charge in [-0.2, -0.15) is 0 Å². The number of carboxylic acid groups (broad SMARTS) is 1. The number of aromatic carboxylic acids is 1. The van der Waals surface area contributed by atoms with E-state index in [0.29, 0.717) is 17.9 Å². The maximum Gasteiger partial charge on any atom is 0.342 e. The van der Waals surface area contributed by atoms with Gasteiger partial charge in [0.1, 0.15) is 5.56 Å². The Labute approximate surface area is 119 Å². The molecular formula is C13H12N4O4. The fourth-order valence-electron chi connectivity index (χ4n) is 1.68. The summed E-state index contributed by atoms with van der Waals surface area (Å²) in [5.41, 5.74) is 1.13. The fraction of sp³-hybridized carbons (Fsp3) is 0.154. The molecular weight excluding hydrogens is 276 g/mol. The van der Waals surface area contributed by atoms with E-state index in [4.69, 9.17) is 5.11 Å². The summed E-state index contributed by atoms with van der Waals surface area (Å²) in [6, 6.07) is 3.83. The Morgan fingerprint density at radius 2 is 2.14 bits per heavy atom. The number of carbonyl (C=O) groups is 1. The van der Waals surface area contributed by atoms with E-state index in [1.165, 1.54) is 12.1 Å². The summed E-state index contributed by atoms with van der Waals surface area (Å²) in [7, 11) is 0. The van der Waals surface area contributed by atoms with Crippen molar-refractivity contribution in [3.63, 3.8) is 0 Å². The SMILES string of the molecule is Cc1cnc(CNc2ccc([N+](=O)[O-])c(C(=O)O)c2)cn1. The molecule has 8 nitrogen and oxygen atoms in total. The van der Waals surface area contributed by atoms with Crippen LogP contribution in [0.3, 0.4) is 0 Å². The van der Waals surface area contributed by atoms with Crippen molar-refractivity contribution in [2.75, 3.05) is 5.32 Å². The van der Waals surface area contributed by atoms with Crippen molar-refractivity contribution in [1.82, 2.24) is 9.97 Å². The summed E-state index contributed by atoms with van der Waals surface area (Å²) < 4.78 is 0. The van der Waals surface area contributed by atoms with Crippen LogP contribution in [-0.2, 0) is 6.54 Å². The molecule has 2 N–H and O–H groups in total. The molecule has 0 radical (unpaired) electrons.